The predicted molar refractivity (Wildman–Crippen MR) is 91.7 cm³/mol. The molecule has 2 atom stereocenters. The van der Waals surface area contributed by atoms with E-state index in [-0.39, 0.29) is 12.1 Å². The quantitative estimate of drug-likeness (QED) is 0.780. The molecular weight excluding hydrogens is 326 g/mol. The van der Waals surface area contributed by atoms with E-state index in [9.17, 15) is 13.2 Å². The number of rotatable bonds is 5. The molecule has 1 saturated carbocycles. The number of esters is 1. The average Bonchev–Trinajstić information content (AvgIpc) is 3.17. The fraction of sp³-hybridized carbons (Fsp3) is 0.389. The summed E-state index contributed by atoms with van der Waals surface area (Å²) in [5.41, 5.74) is 1.65. The minimum atomic E-state index is -3.06. The Morgan fingerprint density at radius 1 is 1.21 bits per heavy atom. The third-order valence-corrected chi connectivity index (χ3v) is 6.05. The van der Waals surface area contributed by atoms with E-state index in [0.29, 0.717) is 31.4 Å². The lowest BCUT2D eigenvalue weighted by atomic mass is 10.2. The van der Waals surface area contributed by atoms with Crippen LogP contribution in [0.2, 0.25) is 0 Å². The first-order valence-corrected chi connectivity index (χ1v) is 9.97. The van der Waals surface area contributed by atoms with Gasteiger partial charge in [0.25, 0.3) is 0 Å². The molecule has 1 heterocycles. The molecular formula is C18H21NO4S. The molecule has 6 heteroatoms. The molecule has 1 aromatic carbocycles. The second kappa shape index (κ2) is 6.81. The van der Waals surface area contributed by atoms with E-state index in [1.807, 2.05) is 41.1 Å². The van der Waals surface area contributed by atoms with E-state index < -0.39 is 15.1 Å². The maximum Gasteiger partial charge on any atom is 0.339 e. The van der Waals surface area contributed by atoms with Crippen LogP contribution in [0, 0.1) is 0 Å². The summed E-state index contributed by atoms with van der Waals surface area (Å²) in [6.07, 6.45) is 6.10. The first kappa shape index (κ1) is 16.8. The summed E-state index contributed by atoms with van der Waals surface area (Å²) in [7, 11) is -3.06. The molecule has 1 fully saturated rings. The van der Waals surface area contributed by atoms with Gasteiger partial charge in [-0.15, -0.1) is 0 Å². The number of aromatic nitrogens is 1. The van der Waals surface area contributed by atoms with Crippen LogP contribution in [0.4, 0.5) is 0 Å². The Balaban J connectivity index is 1.58. The van der Waals surface area contributed by atoms with Crippen LogP contribution in [0.1, 0.15) is 35.2 Å². The highest BCUT2D eigenvalue weighted by Crippen LogP contribution is 2.27. The van der Waals surface area contributed by atoms with Crippen molar-refractivity contribution in [2.75, 3.05) is 6.26 Å². The molecule has 0 radical (unpaired) electrons. The topological polar surface area (TPSA) is 65.4 Å². The molecule has 2 aromatic rings. The van der Waals surface area contributed by atoms with Gasteiger partial charge < -0.3 is 9.30 Å². The summed E-state index contributed by atoms with van der Waals surface area (Å²) >= 11 is 0. The van der Waals surface area contributed by atoms with E-state index in [4.69, 9.17) is 4.74 Å². The van der Waals surface area contributed by atoms with E-state index in [2.05, 4.69) is 0 Å². The standard InChI is InChI=1S/C18H21NO4S/c1-24(21,22)17-8-7-16(11-17)23-18(20)15-9-10-19(13-15)12-14-5-3-2-4-6-14/h2-6,9-10,13,16-17H,7-8,11-12H2,1H3/t16-,17-/m1/s1. The van der Waals surface area contributed by atoms with Crippen LogP contribution >= 0.6 is 0 Å². The van der Waals surface area contributed by atoms with Gasteiger partial charge in [-0.2, -0.15) is 0 Å². The van der Waals surface area contributed by atoms with Crippen molar-refractivity contribution in [3.8, 4) is 0 Å². The zero-order valence-electron chi connectivity index (χ0n) is 13.6. The Bertz CT molecular complexity index is 811. The largest absolute Gasteiger partial charge is 0.459 e. The maximum atomic E-state index is 12.2. The lowest BCUT2D eigenvalue weighted by Gasteiger charge is -2.11. The molecule has 3 rings (SSSR count). The average molecular weight is 347 g/mol. The Morgan fingerprint density at radius 3 is 2.62 bits per heavy atom. The summed E-state index contributed by atoms with van der Waals surface area (Å²) in [5.74, 6) is -0.388. The molecule has 0 aliphatic heterocycles. The third kappa shape index (κ3) is 4.06. The molecule has 0 N–H and O–H groups in total. The molecule has 1 aliphatic rings. The molecule has 0 spiro atoms. The fourth-order valence-electron chi connectivity index (χ4n) is 3.07. The van der Waals surface area contributed by atoms with Crippen molar-refractivity contribution in [1.82, 2.24) is 4.57 Å². The highest BCUT2D eigenvalue weighted by atomic mass is 32.2. The number of ether oxygens (including phenoxy) is 1. The van der Waals surface area contributed by atoms with Gasteiger partial charge in [-0.25, -0.2) is 13.2 Å². The number of benzene rings is 1. The monoisotopic (exact) mass is 347 g/mol. The highest BCUT2D eigenvalue weighted by molar-refractivity contribution is 7.91. The number of carbonyl (C=O) groups is 1. The smallest absolute Gasteiger partial charge is 0.339 e. The van der Waals surface area contributed by atoms with E-state index in [0.717, 1.165) is 5.56 Å². The second-order valence-electron chi connectivity index (χ2n) is 6.35. The first-order valence-electron chi connectivity index (χ1n) is 8.01. The highest BCUT2D eigenvalue weighted by Gasteiger charge is 2.33. The fourth-order valence-corrected chi connectivity index (χ4v) is 4.20. The van der Waals surface area contributed by atoms with Crippen LogP contribution in [0.25, 0.3) is 0 Å². The number of hydrogen-bond donors (Lipinski definition) is 0. The Labute approximate surface area is 142 Å². The van der Waals surface area contributed by atoms with Gasteiger partial charge in [-0.1, -0.05) is 30.3 Å². The Hall–Kier alpha value is -2.08. The van der Waals surface area contributed by atoms with Crippen molar-refractivity contribution in [2.45, 2.75) is 37.2 Å². The van der Waals surface area contributed by atoms with Gasteiger partial charge in [-0.3, -0.25) is 0 Å². The Kier molecular flexibility index (Phi) is 4.76. The third-order valence-electron chi connectivity index (χ3n) is 4.41. The summed E-state index contributed by atoms with van der Waals surface area (Å²) in [6, 6.07) is 11.7. The van der Waals surface area contributed by atoms with Crippen LogP contribution in [0.15, 0.2) is 48.8 Å². The normalized spacial score (nSPS) is 20.9. The molecule has 0 bridgehead atoms. The van der Waals surface area contributed by atoms with E-state index in [1.54, 1.807) is 12.3 Å². The van der Waals surface area contributed by atoms with Gasteiger partial charge >= 0.3 is 5.97 Å². The second-order valence-corrected chi connectivity index (χ2v) is 8.68. The van der Waals surface area contributed by atoms with Crippen LogP contribution in [-0.4, -0.2) is 36.6 Å². The van der Waals surface area contributed by atoms with E-state index in [1.165, 1.54) is 6.26 Å². The van der Waals surface area contributed by atoms with Crippen molar-refractivity contribution in [3.05, 3.63) is 59.9 Å². The van der Waals surface area contributed by atoms with Crippen molar-refractivity contribution in [3.63, 3.8) is 0 Å². The molecule has 0 saturated heterocycles. The van der Waals surface area contributed by atoms with E-state index >= 15 is 0 Å². The SMILES string of the molecule is CS(=O)(=O)[C@@H]1CC[C@@H](OC(=O)c2ccn(Cc3ccccc3)c2)C1. The molecule has 0 unspecified atom stereocenters. The summed E-state index contributed by atoms with van der Waals surface area (Å²) in [4.78, 5) is 12.2. The zero-order chi connectivity index (χ0) is 17.2. The molecule has 0 amide bonds. The van der Waals surface area contributed by atoms with Crippen LogP contribution < -0.4 is 0 Å². The van der Waals surface area contributed by atoms with Gasteiger partial charge in [0.15, 0.2) is 0 Å². The summed E-state index contributed by atoms with van der Waals surface area (Å²) < 4.78 is 30.5. The molecule has 1 aliphatic carbocycles. The number of carbonyl (C=O) groups excluding carboxylic acids is 1. The van der Waals surface area contributed by atoms with Crippen LogP contribution in [0.3, 0.4) is 0 Å². The van der Waals surface area contributed by atoms with Gasteiger partial charge in [-0.05, 0) is 24.5 Å². The maximum absolute atomic E-state index is 12.2. The minimum Gasteiger partial charge on any atom is -0.459 e. The van der Waals surface area contributed by atoms with Gasteiger partial charge in [0, 0.05) is 31.6 Å². The van der Waals surface area contributed by atoms with Crippen molar-refractivity contribution in [1.29, 1.82) is 0 Å². The van der Waals surface area contributed by atoms with Crippen molar-refractivity contribution in [2.24, 2.45) is 0 Å². The summed E-state index contributed by atoms with van der Waals surface area (Å²) in [5, 5.41) is -0.391. The number of nitrogens with zero attached hydrogens (tertiary/aromatic N) is 1. The van der Waals surface area contributed by atoms with Crippen LogP contribution in [0.5, 0.6) is 0 Å². The number of sulfone groups is 1. The first-order chi connectivity index (χ1) is 11.4. The van der Waals surface area contributed by atoms with Gasteiger partial charge in [0.1, 0.15) is 15.9 Å². The lowest BCUT2D eigenvalue weighted by molar-refractivity contribution is 0.0318. The Morgan fingerprint density at radius 2 is 1.96 bits per heavy atom. The molecule has 5 nitrogen and oxygen atoms in total. The summed E-state index contributed by atoms with van der Waals surface area (Å²) in [6.45, 7) is 0.688. The zero-order valence-corrected chi connectivity index (χ0v) is 14.4. The molecule has 128 valence electrons. The minimum absolute atomic E-state index is 0.310. The van der Waals surface area contributed by atoms with Crippen molar-refractivity contribution < 1.29 is 17.9 Å². The van der Waals surface area contributed by atoms with Gasteiger partial charge in [0.2, 0.25) is 0 Å². The van der Waals surface area contributed by atoms with Gasteiger partial charge in [0.05, 0.1) is 10.8 Å². The predicted octanol–water partition coefficient (Wildman–Crippen LogP) is 2.66. The number of hydrogen-bond acceptors (Lipinski definition) is 4. The van der Waals surface area contributed by atoms with Crippen molar-refractivity contribution >= 4 is 15.8 Å². The lowest BCUT2D eigenvalue weighted by Crippen LogP contribution is -2.20. The molecule has 1 aromatic heterocycles. The molecule has 24 heavy (non-hydrogen) atoms. The van der Waals surface area contributed by atoms with Crippen LogP contribution in [-0.2, 0) is 21.1 Å².